The number of allylic oxidation sites excluding steroid dienone is 1. The fourth-order valence-corrected chi connectivity index (χ4v) is 4.62. The minimum atomic E-state index is -4.64. The smallest absolute Gasteiger partial charge is 0.416 e. The molecule has 10 nitrogen and oxygen atoms in total. The number of ether oxygens (including phenoxy) is 1. The molecule has 1 unspecified atom stereocenters. The van der Waals surface area contributed by atoms with E-state index in [1.54, 1.807) is 29.9 Å². The normalized spacial score (nSPS) is 15.0. The fraction of sp³-hybridized carbons (Fsp3) is 0.240. The summed E-state index contributed by atoms with van der Waals surface area (Å²) in [5, 5.41) is 15.8. The first kappa shape index (κ1) is 27.9. The van der Waals surface area contributed by atoms with E-state index in [0.29, 0.717) is 11.1 Å². The minimum absolute atomic E-state index is 0.00388. The summed E-state index contributed by atoms with van der Waals surface area (Å²) in [7, 11) is 2.68. The second kappa shape index (κ2) is 10.6. The van der Waals surface area contributed by atoms with Crippen LogP contribution in [0.4, 0.5) is 24.8 Å². The molecule has 0 fully saturated rings. The molecule has 0 radical (unpaired) electrons. The Hall–Kier alpha value is -4.13. The second-order valence-corrected chi connectivity index (χ2v) is 10.00. The number of halogens is 4. The predicted molar refractivity (Wildman–Crippen MR) is 141 cm³/mol. The number of rotatable bonds is 5. The molecule has 0 saturated heterocycles. The number of likely N-dealkylation sites (N-methyl/N-ethyl adjacent to an activating group) is 1. The van der Waals surface area contributed by atoms with Gasteiger partial charge in [0.1, 0.15) is 6.04 Å². The minimum Gasteiger partial charge on any atom is -0.466 e. The quantitative estimate of drug-likeness (QED) is 0.251. The summed E-state index contributed by atoms with van der Waals surface area (Å²) in [4.78, 5) is 40.2. The van der Waals surface area contributed by atoms with Crippen LogP contribution in [0.5, 0.6) is 0 Å². The molecule has 39 heavy (non-hydrogen) atoms. The van der Waals surface area contributed by atoms with Crippen molar-refractivity contribution in [1.82, 2.24) is 17.9 Å². The van der Waals surface area contributed by atoms with E-state index in [4.69, 9.17) is 4.74 Å². The second-order valence-electron chi connectivity index (χ2n) is 8.55. The van der Waals surface area contributed by atoms with Gasteiger partial charge in [-0.15, -0.1) is 5.10 Å². The largest absolute Gasteiger partial charge is 0.466 e. The van der Waals surface area contributed by atoms with Gasteiger partial charge >= 0.3 is 17.8 Å². The van der Waals surface area contributed by atoms with Gasteiger partial charge < -0.3 is 4.74 Å². The number of carbonyl (C=O) groups excluding carboxylic acids is 2. The van der Waals surface area contributed by atoms with Crippen LogP contribution in [0, 0.1) is 11.3 Å². The summed E-state index contributed by atoms with van der Waals surface area (Å²) < 4.78 is 48.0. The van der Waals surface area contributed by atoms with Crippen molar-refractivity contribution in [1.29, 1.82) is 5.26 Å². The van der Waals surface area contributed by atoms with E-state index in [1.807, 2.05) is 6.07 Å². The number of esters is 1. The van der Waals surface area contributed by atoms with Gasteiger partial charge in [0.25, 0.3) is 0 Å². The SMILES string of the molecule is COC(=O)C1=C(C)N(c2cccc(C(F)(F)F)c2)c2n[nH]c(=O)n2C1c1ccc(C#N)cc1CC(=O)N(C)I. The third-order valence-corrected chi connectivity index (χ3v) is 6.77. The van der Waals surface area contributed by atoms with Crippen molar-refractivity contribution in [2.24, 2.45) is 0 Å². The molecule has 4 rings (SSSR count). The summed E-state index contributed by atoms with van der Waals surface area (Å²) in [6.45, 7) is 1.50. The Kier molecular flexibility index (Phi) is 7.55. The molecule has 202 valence electrons. The van der Waals surface area contributed by atoms with E-state index in [2.05, 4.69) is 10.2 Å². The highest BCUT2D eigenvalue weighted by Crippen LogP contribution is 2.43. The Balaban J connectivity index is 2.02. The molecule has 0 spiro atoms. The number of methoxy groups -OCH3 is 1. The van der Waals surface area contributed by atoms with Crippen molar-refractivity contribution in [3.63, 3.8) is 0 Å². The zero-order valence-electron chi connectivity index (χ0n) is 20.7. The van der Waals surface area contributed by atoms with Crippen LogP contribution in [0.2, 0.25) is 0 Å². The lowest BCUT2D eigenvalue weighted by Gasteiger charge is -2.36. The van der Waals surface area contributed by atoms with Gasteiger partial charge in [0, 0.05) is 18.4 Å². The number of aromatic amines is 1. The van der Waals surface area contributed by atoms with E-state index in [1.165, 1.54) is 45.3 Å². The predicted octanol–water partition coefficient (Wildman–Crippen LogP) is 4.00. The van der Waals surface area contributed by atoms with Crippen molar-refractivity contribution >= 4 is 46.4 Å². The standard InChI is InChI=1S/C25H20F3IN6O4/c1-13-20(22(37)39-3)21(18-8-7-14(12-30)9-15(18)10-19(36)33(2)29)35-23(31-32-24(35)38)34(13)17-6-4-5-16(11-17)25(26,27)28/h4-9,11,21H,10H2,1-3H3,(H,32,38). The third kappa shape index (κ3) is 5.13. The summed E-state index contributed by atoms with van der Waals surface area (Å²) in [5.41, 5.74) is -0.633. The number of amides is 1. The van der Waals surface area contributed by atoms with Crippen LogP contribution in [0.1, 0.15) is 35.2 Å². The van der Waals surface area contributed by atoms with Crippen LogP contribution in [-0.4, -0.2) is 43.9 Å². The number of nitrogens with zero attached hydrogens (tertiary/aromatic N) is 5. The molecule has 0 bridgehead atoms. The Morgan fingerprint density at radius 1 is 1.26 bits per heavy atom. The number of anilines is 2. The molecule has 1 N–H and O–H groups in total. The van der Waals surface area contributed by atoms with E-state index < -0.39 is 29.4 Å². The van der Waals surface area contributed by atoms with Crippen LogP contribution in [0.15, 0.2) is 58.5 Å². The van der Waals surface area contributed by atoms with Crippen LogP contribution in [0.3, 0.4) is 0 Å². The summed E-state index contributed by atoms with van der Waals surface area (Å²) in [6, 6.07) is 9.70. The zero-order valence-corrected chi connectivity index (χ0v) is 22.9. The number of carbonyl (C=O) groups is 2. The molecule has 14 heteroatoms. The van der Waals surface area contributed by atoms with Crippen molar-refractivity contribution in [2.45, 2.75) is 25.6 Å². The van der Waals surface area contributed by atoms with Gasteiger partial charge in [0.15, 0.2) is 0 Å². The van der Waals surface area contributed by atoms with Gasteiger partial charge in [-0.05, 0) is 48.4 Å². The van der Waals surface area contributed by atoms with Crippen molar-refractivity contribution in [3.8, 4) is 6.07 Å². The Labute approximate surface area is 233 Å². The number of benzene rings is 2. The molecular formula is C25H20F3IN6O4. The molecule has 1 atom stereocenters. The zero-order chi connectivity index (χ0) is 28.6. The molecule has 1 amide bonds. The molecule has 0 aliphatic carbocycles. The molecule has 1 aliphatic heterocycles. The van der Waals surface area contributed by atoms with Gasteiger partial charge in [0.05, 0.1) is 59.2 Å². The van der Waals surface area contributed by atoms with Gasteiger partial charge in [-0.25, -0.2) is 19.3 Å². The maximum absolute atomic E-state index is 13.5. The van der Waals surface area contributed by atoms with Crippen molar-refractivity contribution in [3.05, 3.63) is 86.5 Å². The van der Waals surface area contributed by atoms with Crippen molar-refractivity contribution < 1.29 is 27.5 Å². The maximum Gasteiger partial charge on any atom is 0.416 e. The Bertz CT molecular complexity index is 1600. The monoisotopic (exact) mass is 652 g/mol. The maximum atomic E-state index is 13.5. The lowest BCUT2D eigenvalue weighted by Crippen LogP contribution is -2.38. The van der Waals surface area contributed by atoms with Crippen LogP contribution in [-0.2, 0) is 26.9 Å². The number of H-pyrrole nitrogens is 1. The Morgan fingerprint density at radius 3 is 2.59 bits per heavy atom. The number of aromatic nitrogens is 3. The molecule has 3 aromatic rings. The first-order chi connectivity index (χ1) is 18.4. The van der Waals surface area contributed by atoms with Crippen molar-refractivity contribution in [2.75, 3.05) is 19.1 Å². The van der Waals surface area contributed by atoms with Gasteiger partial charge in [0.2, 0.25) is 11.9 Å². The molecule has 2 aromatic carbocycles. The molecule has 1 aromatic heterocycles. The van der Waals surface area contributed by atoms with Crippen LogP contribution in [0.25, 0.3) is 0 Å². The molecule has 0 saturated carbocycles. The summed E-state index contributed by atoms with van der Waals surface area (Å²) in [5.74, 6) is -1.24. The molecule has 1 aliphatic rings. The average Bonchev–Trinajstić information content (AvgIpc) is 3.27. The highest BCUT2D eigenvalue weighted by atomic mass is 127. The number of nitriles is 1. The topological polar surface area (TPSA) is 124 Å². The van der Waals surface area contributed by atoms with E-state index in [0.717, 1.165) is 23.8 Å². The first-order valence-electron chi connectivity index (χ1n) is 11.3. The highest BCUT2D eigenvalue weighted by molar-refractivity contribution is 14.1. The lowest BCUT2D eigenvalue weighted by molar-refractivity contribution is -0.138. The number of hydrogen-bond acceptors (Lipinski definition) is 7. The molecule has 2 heterocycles. The third-order valence-electron chi connectivity index (χ3n) is 6.23. The van der Waals surface area contributed by atoms with E-state index in [9.17, 15) is 32.8 Å². The first-order valence-corrected chi connectivity index (χ1v) is 12.2. The number of hydrogen-bond donors (Lipinski definition) is 1. The van der Waals surface area contributed by atoms with Gasteiger partial charge in [-0.1, -0.05) is 12.1 Å². The van der Waals surface area contributed by atoms with Gasteiger partial charge in [-0.2, -0.15) is 18.4 Å². The lowest BCUT2D eigenvalue weighted by atomic mass is 9.89. The summed E-state index contributed by atoms with van der Waals surface area (Å²) >= 11 is 1.80. The summed E-state index contributed by atoms with van der Waals surface area (Å²) in [6.07, 6.45) is -4.80. The van der Waals surface area contributed by atoms with Crippen LogP contribution >= 0.6 is 22.9 Å². The number of fused-ring (bicyclic) bond motifs is 1. The van der Waals surface area contributed by atoms with Crippen LogP contribution < -0.4 is 10.6 Å². The van der Waals surface area contributed by atoms with Gasteiger partial charge in [-0.3, -0.25) is 12.8 Å². The Morgan fingerprint density at radius 2 is 1.97 bits per heavy atom. The average molecular weight is 652 g/mol. The highest BCUT2D eigenvalue weighted by Gasteiger charge is 2.41. The molecular weight excluding hydrogens is 632 g/mol. The number of alkyl halides is 3. The van der Waals surface area contributed by atoms with E-state index in [-0.39, 0.29) is 40.8 Å². The fourth-order valence-electron chi connectivity index (χ4n) is 4.45. The van der Waals surface area contributed by atoms with E-state index >= 15 is 0 Å². The number of nitrogens with one attached hydrogen (secondary N) is 1.